The summed E-state index contributed by atoms with van der Waals surface area (Å²) >= 11 is 0. The molecule has 0 aromatic heterocycles. The molecule has 1 aliphatic rings. The van der Waals surface area contributed by atoms with E-state index in [1.54, 1.807) is 24.9 Å². The SMILES string of the molecule is CC(=O)c1ccc(N2CCN([C@H](C)C(=O)N(C)Cc3cccc(F)c3)CC2)cc1. The molecular formula is C23H28FN3O2. The number of halogens is 1. The zero-order valence-corrected chi connectivity index (χ0v) is 17.3. The molecule has 0 N–H and O–H groups in total. The molecule has 0 aliphatic carbocycles. The van der Waals surface area contributed by atoms with Crippen LogP contribution in [0.2, 0.25) is 0 Å². The van der Waals surface area contributed by atoms with Crippen molar-refractivity contribution < 1.29 is 14.0 Å². The van der Waals surface area contributed by atoms with Gasteiger partial charge in [0.1, 0.15) is 5.82 Å². The van der Waals surface area contributed by atoms with Crippen molar-refractivity contribution in [3.05, 3.63) is 65.5 Å². The van der Waals surface area contributed by atoms with Crippen LogP contribution in [0, 0.1) is 5.82 Å². The van der Waals surface area contributed by atoms with Gasteiger partial charge in [-0.25, -0.2) is 4.39 Å². The van der Waals surface area contributed by atoms with Crippen LogP contribution in [-0.4, -0.2) is 60.8 Å². The van der Waals surface area contributed by atoms with E-state index in [9.17, 15) is 14.0 Å². The minimum Gasteiger partial charge on any atom is -0.369 e. The highest BCUT2D eigenvalue weighted by Crippen LogP contribution is 2.19. The zero-order valence-electron chi connectivity index (χ0n) is 17.3. The fourth-order valence-electron chi connectivity index (χ4n) is 3.74. The van der Waals surface area contributed by atoms with Crippen molar-refractivity contribution in [2.45, 2.75) is 26.4 Å². The van der Waals surface area contributed by atoms with E-state index in [4.69, 9.17) is 0 Å². The maximum absolute atomic E-state index is 13.4. The van der Waals surface area contributed by atoms with Gasteiger partial charge in [0.05, 0.1) is 6.04 Å². The van der Waals surface area contributed by atoms with Gasteiger partial charge >= 0.3 is 0 Å². The van der Waals surface area contributed by atoms with Gasteiger partial charge in [-0.3, -0.25) is 14.5 Å². The normalized spacial score (nSPS) is 15.8. The second-order valence-electron chi connectivity index (χ2n) is 7.63. The maximum Gasteiger partial charge on any atom is 0.239 e. The molecule has 0 radical (unpaired) electrons. The Morgan fingerprint density at radius 2 is 1.72 bits per heavy atom. The van der Waals surface area contributed by atoms with Crippen LogP contribution in [0.4, 0.5) is 10.1 Å². The molecule has 0 spiro atoms. The molecule has 3 rings (SSSR count). The maximum atomic E-state index is 13.4. The first kappa shape index (κ1) is 21.0. The number of rotatable bonds is 6. The molecule has 0 bridgehead atoms. The van der Waals surface area contributed by atoms with Crippen LogP contribution >= 0.6 is 0 Å². The van der Waals surface area contributed by atoms with Crippen molar-refractivity contribution in [2.75, 3.05) is 38.1 Å². The molecule has 1 heterocycles. The molecule has 1 fully saturated rings. The van der Waals surface area contributed by atoms with E-state index < -0.39 is 0 Å². The lowest BCUT2D eigenvalue weighted by atomic mass is 10.1. The van der Waals surface area contributed by atoms with Gasteiger partial charge in [0, 0.05) is 51.0 Å². The third-order valence-corrected chi connectivity index (χ3v) is 5.54. The lowest BCUT2D eigenvalue weighted by Gasteiger charge is -2.39. The topological polar surface area (TPSA) is 43.9 Å². The van der Waals surface area contributed by atoms with E-state index in [2.05, 4.69) is 9.80 Å². The quantitative estimate of drug-likeness (QED) is 0.702. The third kappa shape index (κ3) is 5.21. The first-order chi connectivity index (χ1) is 13.8. The van der Waals surface area contributed by atoms with E-state index in [0.29, 0.717) is 12.1 Å². The van der Waals surface area contributed by atoms with E-state index in [1.807, 2.05) is 37.3 Å². The molecule has 5 nitrogen and oxygen atoms in total. The first-order valence-corrected chi connectivity index (χ1v) is 9.94. The molecule has 2 aromatic carbocycles. The number of nitrogens with zero attached hydrogens (tertiary/aromatic N) is 3. The Labute approximate surface area is 171 Å². The van der Waals surface area contributed by atoms with Crippen molar-refractivity contribution in [1.82, 2.24) is 9.80 Å². The summed E-state index contributed by atoms with van der Waals surface area (Å²) in [5.41, 5.74) is 2.59. The zero-order chi connectivity index (χ0) is 21.0. The fraction of sp³-hybridized carbons (Fsp3) is 0.391. The highest BCUT2D eigenvalue weighted by atomic mass is 19.1. The molecule has 1 atom stereocenters. The molecule has 1 aliphatic heterocycles. The van der Waals surface area contributed by atoms with Crippen molar-refractivity contribution in [1.29, 1.82) is 0 Å². The third-order valence-electron chi connectivity index (χ3n) is 5.54. The molecule has 154 valence electrons. The minimum absolute atomic E-state index is 0.0357. The van der Waals surface area contributed by atoms with Crippen LogP contribution in [-0.2, 0) is 11.3 Å². The number of piperazine rings is 1. The lowest BCUT2D eigenvalue weighted by Crippen LogP contribution is -2.54. The smallest absolute Gasteiger partial charge is 0.239 e. The second kappa shape index (κ2) is 9.18. The molecule has 29 heavy (non-hydrogen) atoms. The van der Waals surface area contributed by atoms with Crippen LogP contribution in [0.3, 0.4) is 0 Å². The van der Waals surface area contributed by atoms with Crippen LogP contribution < -0.4 is 4.90 Å². The average molecular weight is 397 g/mol. The number of benzene rings is 2. The fourth-order valence-corrected chi connectivity index (χ4v) is 3.74. The highest BCUT2D eigenvalue weighted by molar-refractivity contribution is 5.94. The molecule has 6 heteroatoms. The van der Waals surface area contributed by atoms with E-state index in [1.165, 1.54) is 12.1 Å². The summed E-state index contributed by atoms with van der Waals surface area (Å²) in [4.78, 5) is 30.4. The Balaban J connectivity index is 1.54. The summed E-state index contributed by atoms with van der Waals surface area (Å²) in [6, 6.07) is 13.8. The average Bonchev–Trinajstić information content (AvgIpc) is 2.73. The number of carbonyl (C=O) groups is 2. The number of likely N-dealkylation sites (N-methyl/N-ethyl adjacent to an activating group) is 1. The van der Waals surface area contributed by atoms with E-state index in [0.717, 1.165) is 37.4 Å². The van der Waals surface area contributed by atoms with E-state index >= 15 is 0 Å². The summed E-state index contributed by atoms with van der Waals surface area (Å²) in [5.74, 6) is -0.187. The van der Waals surface area contributed by atoms with Crippen LogP contribution in [0.5, 0.6) is 0 Å². The number of amides is 1. The number of ketones is 1. The largest absolute Gasteiger partial charge is 0.369 e. The monoisotopic (exact) mass is 397 g/mol. The van der Waals surface area contributed by atoms with Crippen molar-refractivity contribution in [3.63, 3.8) is 0 Å². The molecule has 1 amide bonds. The summed E-state index contributed by atoms with van der Waals surface area (Å²) in [6.45, 7) is 7.11. The van der Waals surface area contributed by atoms with E-state index in [-0.39, 0.29) is 23.5 Å². The molecule has 2 aromatic rings. The van der Waals surface area contributed by atoms with Gasteiger partial charge in [-0.1, -0.05) is 12.1 Å². The van der Waals surface area contributed by atoms with Gasteiger partial charge in [-0.15, -0.1) is 0 Å². The van der Waals surface area contributed by atoms with Crippen molar-refractivity contribution in [3.8, 4) is 0 Å². The Morgan fingerprint density at radius 3 is 2.31 bits per heavy atom. The van der Waals surface area contributed by atoms with Gasteiger partial charge in [0.2, 0.25) is 5.91 Å². The molecule has 0 unspecified atom stereocenters. The number of Topliss-reactive ketones (excluding diaryl/α,β-unsaturated/α-hetero) is 1. The Morgan fingerprint density at radius 1 is 1.07 bits per heavy atom. The Hall–Kier alpha value is -2.73. The number of carbonyl (C=O) groups excluding carboxylic acids is 2. The molecule has 0 saturated carbocycles. The van der Waals surface area contributed by atoms with Gasteiger partial charge in [0.15, 0.2) is 5.78 Å². The van der Waals surface area contributed by atoms with Gasteiger partial charge in [0.25, 0.3) is 0 Å². The van der Waals surface area contributed by atoms with Gasteiger partial charge in [-0.05, 0) is 55.8 Å². The summed E-state index contributed by atoms with van der Waals surface area (Å²) in [6.07, 6.45) is 0. The summed E-state index contributed by atoms with van der Waals surface area (Å²) < 4.78 is 13.4. The minimum atomic E-state index is -0.288. The lowest BCUT2D eigenvalue weighted by molar-refractivity contribution is -0.135. The van der Waals surface area contributed by atoms with Gasteiger partial charge in [-0.2, -0.15) is 0 Å². The molecular weight excluding hydrogens is 369 g/mol. The second-order valence-corrected chi connectivity index (χ2v) is 7.63. The Bertz CT molecular complexity index is 861. The predicted octanol–water partition coefficient (Wildman–Crippen LogP) is 3.20. The highest BCUT2D eigenvalue weighted by Gasteiger charge is 2.27. The van der Waals surface area contributed by atoms with Crippen LogP contribution in [0.25, 0.3) is 0 Å². The van der Waals surface area contributed by atoms with Crippen LogP contribution in [0.15, 0.2) is 48.5 Å². The number of hydrogen-bond donors (Lipinski definition) is 0. The predicted molar refractivity (Wildman–Crippen MR) is 113 cm³/mol. The standard InChI is InChI=1S/C23H28FN3O2/c1-17(23(29)25(3)16-19-5-4-6-21(24)15-19)26-11-13-27(14-12-26)22-9-7-20(8-10-22)18(2)28/h4-10,15,17H,11-14,16H2,1-3H3/t17-/m1/s1. The van der Waals surface area contributed by atoms with Crippen molar-refractivity contribution >= 4 is 17.4 Å². The van der Waals surface area contributed by atoms with Gasteiger partial charge < -0.3 is 9.80 Å². The molecule has 1 saturated heterocycles. The number of hydrogen-bond acceptors (Lipinski definition) is 4. The number of anilines is 1. The van der Waals surface area contributed by atoms with Crippen LogP contribution in [0.1, 0.15) is 29.8 Å². The first-order valence-electron chi connectivity index (χ1n) is 9.94. The van der Waals surface area contributed by atoms with Crippen molar-refractivity contribution in [2.24, 2.45) is 0 Å². The summed E-state index contributed by atoms with van der Waals surface area (Å²) in [7, 11) is 1.76. The summed E-state index contributed by atoms with van der Waals surface area (Å²) in [5, 5.41) is 0. The Kier molecular flexibility index (Phi) is 6.64.